The van der Waals surface area contributed by atoms with Gasteiger partial charge in [0.1, 0.15) is 0 Å². The molecule has 0 fully saturated rings. The molecule has 0 radical (unpaired) electrons. The van der Waals surface area contributed by atoms with Crippen LogP contribution >= 0.6 is 11.8 Å². The quantitative estimate of drug-likeness (QED) is 0.537. The third kappa shape index (κ3) is 5.48. The van der Waals surface area contributed by atoms with Crippen molar-refractivity contribution in [2.45, 2.75) is 31.2 Å². The summed E-state index contributed by atoms with van der Waals surface area (Å²) in [4.78, 5) is 13.8. The Morgan fingerprint density at radius 3 is 2.26 bits per heavy atom. The molecule has 0 bridgehead atoms. The molecule has 3 rings (SSSR count). The van der Waals surface area contributed by atoms with Crippen molar-refractivity contribution in [3.8, 4) is 0 Å². The highest BCUT2D eigenvalue weighted by molar-refractivity contribution is 7.99. The van der Waals surface area contributed by atoms with Crippen molar-refractivity contribution in [1.82, 2.24) is 5.32 Å². The molecule has 1 atom stereocenters. The van der Waals surface area contributed by atoms with E-state index in [0.717, 1.165) is 16.9 Å². The molecule has 0 heterocycles. The Balaban J connectivity index is 1.66. The predicted molar refractivity (Wildman–Crippen MR) is 114 cm³/mol. The number of thioether (sulfide) groups is 1. The second-order valence-electron chi connectivity index (χ2n) is 6.68. The van der Waals surface area contributed by atoms with Crippen molar-refractivity contribution in [3.63, 3.8) is 0 Å². The Bertz CT molecular complexity index is 874. The van der Waals surface area contributed by atoms with Gasteiger partial charge in [-0.25, -0.2) is 0 Å². The molecule has 1 amide bonds. The lowest BCUT2D eigenvalue weighted by Crippen LogP contribution is -2.30. The molecule has 0 aliphatic carbocycles. The number of nitrogens with one attached hydrogen (secondary N) is 1. The van der Waals surface area contributed by atoms with Crippen LogP contribution in [0, 0.1) is 13.8 Å². The first-order chi connectivity index (χ1) is 13.1. The lowest BCUT2D eigenvalue weighted by Gasteiger charge is -2.21. The van der Waals surface area contributed by atoms with Crippen LogP contribution < -0.4 is 5.32 Å². The molecule has 0 saturated carbocycles. The average Bonchev–Trinajstić information content (AvgIpc) is 2.69. The molecule has 0 spiro atoms. The van der Waals surface area contributed by atoms with E-state index in [9.17, 15) is 4.79 Å². The number of carbonyl (C=O) groups excluding carboxylic acids is 1. The maximum Gasteiger partial charge on any atom is 0.221 e. The summed E-state index contributed by atoms with van der Waals surface area (Å²) in [7, 11) is 0. The van der Waals surface area contributed by atoms with Crippen molar-refractivity contribution >= 4 is 17.7 Å². The van der Waals surface area contributed by atoms with Gasteiger partial charge < -0.3 is 5.32 Å². The fraction of sp³-hybridized carbons (Fsp3) is 0.208. The predicted octanol–water partition coefficient (Wildman–Crippen LogP) is 5.69. The molecule has 1 N–H and O–H groups in total. The van der Waals surface area contributed by atoms with Crippen LogP contribution in [0.1, 0.15) is 34.7 Å². The van der Waals surface area contributed by atoms with E-state index >= 15 is 0 Å². The summed E-state index contributed by atoms with van der Waals surface area (Å²) in [6.07, 6.45) is 0.494. The molecule has 0 aromatic heterocycles. The largest absolute Gasteiger partial charge is 0.345 e. The van der Waals surface area contributed by atoms with Crippen molar-refractivity contribution in [3.05, 3.63) is 101 Å². The Morgan fingerprint density at radius 1 is 0.889 bits per heavy atom. The van der Waals surface area contributed by atoms with E-state index in [0.29, 0.717) is 6.42 Å². The van der Waals surface area contributed by atoms with Gasteiger partial charge in [0.2, 0.25) is 5.91 Å². The number of amides is 1. The molecule has 0 aliphatic heterocycles. The van der Waals surface area contributed by atoms with Gasteiger partial charge in [0, 0.05) is 17.1 Å². The molecular formula is C24H25NOS. The summed E-state index contributed by atoms with van der Waals surface area (Å²) >= 11 is 1.72. The third-order valence-corrected chi connectivity index (χ3v) is 5.57. The summed E-state index contributed by atoms with van der Waals surface area (Å²) in [5.41, 5.74) is 4.68. The molecule has 0 unspecified atom stereocenters. The molecule has 3 heteroatoms. The topological polar surface area (TPSA) is 29.1 Å². The van der Waals surface area contributed by atoms with Gasteiger partial charge in [0.25, 0.3) is 0 Å². The first-order valence-electron chi connectivity index (χ1n) is 9.23. The first-order valence-corrected chi connectivity index (χ1v) is 10.2. The smallest absolute Gasteiger partial charge is 0.221 e. The van der Waals surface area contributed by atoms with Crippen molar-refractivity contribution in [2.24, 2.45) is 0 Å². The van der Waals surface area contributed by atoms with Crippen LogP contribution in [0.3, 0.4) is 0 Å². The Labute approximate surface area is 166 Å². The number of hydrogen-bond donors (Lipinski definition) is 1. The maximum atomic E-state index is 12.6. The van der Waals surface area contributed by atoms with E-state index in [2.05, 4.69) is 67.7 Å². The van der Waals surface area contributed by atoms with Gasteiger partial charge >= 0.3 is 0 Å². The lowest BCUT2D eigenvalue weighted by atomic mass is 9.95. The Hall–Kier alpha value is -2.52. The van der Waals surface area contributed by atoms with E-state index in [1.807, 2.05) is 30.3 Å². The highest BCUT2D eigenvalue weighted by Gasteiger charge is 2.18. The van der Waals surface area contributed by atoms with Crippen molar-refractivity contribution in [2.75, 3.05) is 5.75 Å². The summed E-state index contributed by atoms with van der Waals surface area (Å²) < 4.78 is 0. The molecule has 0 aliphatic rings. The summed E-state index contributed by atoms with van der Waals surface area (Å²) in [6, 6.07) is 26.7. The van der Waals surface area contributed by atoms with Crippen molar-refractivity contribution < 1.29 is 4.79 Å². The van der Waals surface area contributed by atoms with Crippen LogP contribution in [0.4, 0.5) is 0 Å². The minimum absolute atomic E-state index is 0.0757. The minimum atomic E-state index is -0.121. The highest BCUT2D eigenvalue weighted by atomic mass is 32.2. The van der Waals surface area contributed by atoms with Crippen LogP contribution in [0.2, 0.25) is 0 Å². The molecule has 3 aromatic carbocycles. The fourth-order valence-electron chi connectivity index (χ4n) is 3.03. The fourth-order valence-corrected chi connectivity index (χ4v) is 3.88. The van der Waals surface area contributed by atoms with E-state index in [-0.39, 0.29) is 11.9 Å². The van der Waals surface area contributed by atoms with Gasteiger partial charge in [0.05, 0.1) is 6.04 Å². The molecule has 0 saturated heterocycles. The van der Waals surface area contributed by atoms with E-state index in [1.165, 1.54) is 16.0 Å². The molecule has 3 aromatic rings. The molecule has 2 nitrogen and oxygen atoms in total. The number of carbonyl (C=O) groups is 1. The Morgan fingerprint density at radius 2 is 1.56 bits per heavy atom. The van der Waals surface area contributed by atoms with Gasteiger partial charge in [-0.3, -0.25) is 4.79 Å². The summed E-state index contributed by atoms with van der Waals surface area (Å²) in [5.74, 6) is 0.844. The maximum absolute atomic E-state index is 12.6. The van der Waals surface area contributed by atoms with Gasteiger partial charge in [-0.05, 0) is 42.7 Å². The molecular weight excluding hydrogens is 350 g/mol. The second-order valence-corrected chi connectivity index (χ2v) is 7.85. The number of benzene rings is 3. The van der Waals surface area contributed by atoms with Gasteiger partial charge in [-0.1, -0.05) is 72.3 Å². The van der Waals surface area contributed by atoms with Gasteiger partial charge in [0.15, 0.2) is 0 Å². The molecule has 138 valence electrons. The standard InChI is InChI=1S/C24H25NOS/c1-18-12-14-21(15-13-18)27-17-16-23(26)25-24(20-9-4-3-5-10-20)22-11-7-6-8-19(22)2/h3-15,24H,16-17H2,1-2H3,(H,25,26)/t24-/m0/s1. The van der Waals surface area contributed by atoms with Crippen LogP contribution in [0.25, 0.3) is 0 Å². The second kappa shape index (κ2) is 9.43. The van der Waals surface area contributed by atoms with E-state index < -0.39 is 0 Å². The van der Waals surface area contributed by atoms with E-state index in [1.54, 1.807) is 11.8 Å². The monoisotopic (exact) mass is 375 g/mol. The zero-order valence-electron chi connectivity index (χ0n) is 15.8. The van der Waals surface area contributed by atoms with Crippen LogP contribution in [-0.4, -0.2) is 11.7 Å². The SMILES string of the molecule is Cc1ccc(SCCC(=O)N[C@@H](c2ccccc2)c2ccccc2C)cc1. The van der Waals surface area contributed by atoms with Crippen LogP contribution in [0.15, 0.2) is 83.8 Å². The number of aryl methyl sites for hydroxylation is 2. The van der Waals surface area contributed by atoms with Crippen LogP contribution in [-0.2, 0) is 4.79 Å². The zero-order chi connectivity index (χ0) is 19.1. The van der Waals surface area contributed by atoms with Gasteiger partial charge in [-0.15, -0.1) is 11.8 Å². The number of rotatable bonds is 7. The third-order valence-electron chi connectivity index (χ3n) is 4.56. The highest BCUT2D eigenvalue weighted by Crippen LogP contribution is 2.25. The number of hydrogen-bond acceptors (Lipinski definition) is 2. The summed E-state index contributed by atoms with van der Waals surface area (Å²) in [6.45, 7) is 4.17. The molecule has 27 heavy (non-hydrogen) atoms. The van der Waals surface area contributed by atoms with Crippen molar-refractivity contribution in [1.29, 1.82) is 0 Å². The van der Waals surface area contributed by atoms with Gasteiger partial charge in [-0.2, -0.15) is 0 Å². The van der Waals surface area contributed by atoms with Crippen LogP contribution in [0.5, 0.6) is 0 Å². The average molecular weight is 376 g/mol. The summed E-state index contributed by atoms with van der Waals surface area (Å²) in [5, 5.41) is 3.23. The minimum Gasteiger partial charge on any atom is -0.345 e. The first kappa shape index (κ1) is 19.2. The zero-order valence-corrected chi connectivity index (χ0v) is 16.6. The normalized spacial score (nSPS) is 11.8. The van der Waals surface area contributed by atoms with E-state index in [4.69, 9.17) is 0 Å². The lowest BCUT2D eigenvalue weighted by molar-refractivity contribution is -0.121. The Kier molecular flexibility index (Phi) is 6.72.